The molecule has 0 bridgehead atoms. The van der Waals surface area contributed by atoms with Crippen molar-refractivity contribution in [1.29, 1.82) is 0 Å². The first-order valence-corrected chi connectivity index (χ1v) is 6.30. The van der Waals surface area contributed by atoms with Crippen molar-refractivity contribution >= 4 is 17.0 Å². The lowest BCUT2D eigenvalue weighted by molar-refractivity contribution is -0.897. The van der Waals surface area contributed by atoms with Crippen LogP contribution in [0.2, 0.25) is 0 Å². The van der Waals surface area contributed by atoms with Gasteiger partial charge >= 0.3 is 0 Å². The van der Waals surface area contributed by atoms with Crippen molar-refractivity contribution in [2.75, 3.05) is 25.4 Å². The molecule has 0 saturated carbocycles. The molecule has 0 saturated heterocycles. The third-order valence-corrected chi connectivity index (χ3v) is 3.37. The highest BCUT2D eigenvalue weighted by Gasteiger charge is 2.09. The second-order valence-electron chi connectivity index (χ2n) is 4.32. The molecule has 92 valence electrons. The molecule has 4 nitrogen and oxygen atoms in total. The zero-order chi connectivity index (χ0) is 12.3. The molecule has 0 fully saturated rings. The second kappa shape index (κ2) is 5.19. The number of nitrogen functional groups attached to an aromatic ring is 1. The molecule has 0 amide bonds. The molecule has 0 unspecified atom stereocenters. The monoisotopic (exact) mass is 233 g/mol. The van der Waals surface area contributed by atoms with E-state index >= 15 is 0 Å². The van der Waals surface area contributed by atoms with Crippen LogP contribution in [0.4, 0.5) is 5.95 Å². The molecule has 0 spiro atoms. The zero-order valence-electron chi connectivity index (χ0n) is 10.6. The summed E-state index contributed by atoms with van der Waals surface area (Å²) in [5, 5.41) is 0. The molecular formula is C13H21N4+. The number of quaternary nitrogens is 1. The highest BCUT2D eigenvalue weighted by Crippen LogP contribution is 2.16. The minimum atomic E-state index is 0.623. The Morgan fingerprint density at radius 1 is 1.24 bits per heavy atom. The lowest BCUT2D eigenvalue weighted by Crippen LogP contribution is -3.11. The lowest BCUT2D eigenvalue weighted by Gasteiger charge is -2.16. The van der Waals surface area contributed by atoms with Gasteiger partial charge in [-0.05, 0) is 26.0 Å². The van der Waals surface area contributed by atoms with Crippen molar-refractivity contribution < 1.29 is 4.90 Å². The summed E-state index contributed by atoms with van der Waals surface area (Å²) >= 11 is 0. The van der Waals surface area contributed by atoms with Crippen LogP contribution in [0.25, 0.3) is 11.0 Å². The average Bonchev–Trinajstić information content (AvgIpc) is 2.67. The van der Waals surface area contributed by atoms with Crippen molar-refractivity contribution in [3.63, 3.8) is 0 Å². The van der Waals surface area contributed by atoms with Crippen LogP contribution in [0.5, 0.6) is 0 Å². The molecule has 0 aliphatic heterocycles. The number of likely N-dealkylation sites (N-methyl/N-ethyl adjacent to an activating group) is 1. The number of nitrogens with two attached hydrogens (primary N) is 1. The number of fused-ring (bicyclic) bond motifs is 1. The van der Waals surface area contributed by atoms with Gasteiger partial charge in [0.15, 0.2) is 0 Å². The molecule has 1 aromatic heterocycles. The lowest BCUT2D eigenvalue weighted by atomic mass is 10.3. The van der Waals surface area contributed by atoms with E-state index in [1.807, 2.05) is 18.2 Å². The molecule has 2 aromatic rings. The fraction of sp³-hybridized carbons (Fsp3) is 0.462. The Kier molecular flexibility index (Phi) is 3.64. The van der Waals surface area contributed by atoms with Gasteiger partial charge in [0.25, 0.3) is 0 Å². The van der Waals surface area contributed by atoms with Crippen molar-refractivity contribution in [3.05, 3.63) is 24.3 Å². The number of aromatic nitrogens is 2. The van der Waals surface area contributed by atoms with Gasteiger partial charge in [0.2, 0.25) is 5.95 Å². The molecular weight excluding hydrogens is 212 g/mol. The van der Waals surface area contributed by atoms with Gasteiger partial charge in [0, 0.05) is 0 Å². The molecule has 1 aromatic carbocycles. The number of hydrogen-bond donors (Lipinski definition) is 2. The van der Waals surface area contributed by atoms with Gasteiger partial charge in [-0.2, -0.15) is 0 Å². The van der Waals surface area contributed by atoms with Crippen LogP contribution < -0.4 is 10.6 Å². The van der Waals surface area contributed by atoms with E-state index in [4.69, 9.17) is 5.73 Å². The fourth-order valence-electron chi connectivity index (χ4n) is 2.20. The smallest absolute Gasteiger partial charge is 0.201 e. The maximum atomic E-state index is 5.97. The van der Waals surface area contributed by atoms with Gasteiger partial charge < -0.3 is 15.2 Å². The van der Waals surface area contributed by atoms with E-state index in [0.717, 1.165) is 37.2 Å². The molecule has 0 aliphatic rings. The predicted octanol–water partition coefficient (Wildman–Crippen LogP) is 0.543. The second-order valence-corrected chi connectivity index (χ2v) is 4.32. The van der Waals surface area contributed by atoms with Crippen LogP contribution in [-0.4, -0.2) is 29.2 Å². The molecule has 17 heavy (non-hydrogen) atoms. The first-order valence-electron chi connectivity index (χ1n) is 6.30. The maximum Gasteiger partial charge on any atom is 0.201 e. The number of para-hydroxylation sites is 2. The van der Waals surface area contributed by atoms with Gasteiger partial charge in [-0.3, -0.25) is 0 Å². The van der Waals surface area contributed by atoms with E-state index in [0.29, 0.717) is 5.95 Å². The number of rotatable bonds is 5. The standard InChI is InChI=1S/C13H20N4/c1-3-16(4-2)9-10-17-12-8-6-5-7-11(12)15-13(17)14/h5-8H,3-4,9-10H2,1-2H3,(H2,14,15)/p+1. The number of anilines is 1. The normalized spacial score (nSPS) is 11.5. The van der Waals surface area contributed by atoms with Gasteiger partial charge in [0.05, 0.1) is 37.2 Å². The van der Waals surface area contributed by atoms with E-state index in [9.17, 15) is 0 Å². The Morgan fingerprint density at radius 2 is 1.94 bits per heavy atom. The Morgan fingerprint density at radius 3 is 2.65 bits per heavy atom. The summed E-state index contributed by atoms with van der Waals surface area (Å²) in [4.78, 5) is 5.96. The zero-order valence-corrected chi connectivity index (χ0v) is 10.6. The molecule has 0 aliphatic carbocycles. The third kappa shape index (κ3) is 2.42. The third-order valence-electron chi connectivity index (χ3n) is 3.37. The summed E-state index contributed by atoms with van der Waals surface area (Å²) in [6, 6.07) is 8.11. The summed E-state index contributed by atoms with van der Waals surface area (Å²) in [6.07, 6.45) is 0. The maximum absolute atomic E-state index is 5.97. The van der Waals surface area contributed by atoms with Crippen molar-refractivity contribution in [2.24, 2.45) is 0 Å². The highest BCUT2D eigenvalue weighted by molar-refractivity contribution is 5.78. The number of hydrogen-bond acceptors (Lipinski definition) is 2. The Hall–Kier alpha value is -1.55. The van der Waals surface area contributed by atoms with Crippen LogP contribution in [0.15, 0.2) is 24.3 Å². The van der Waals surface area contributed by atoms with Gasteiger partial charge in [-0.25, -0.2) is 4.98 Å². The molecule has 0 atom stereocenters. The van der Waals surface area contributed by atoms with Crippen LogP contribution in [0.3, 0.4) is 0 Å². The Balaban J connectivity index is 2.20. The first kappa shape index (κ1) is 11.9. The molecule has 1 heterocycles. The Labute approximate surface area is 102 Å². The summed E-state index contributed by atoms with van der Waals surface area (Å²) in [5.74, 6) is 0.623. The SMILES string of the molecule is CC[NH+](CC)CCn1c(N)nc2ccccc21. The number of benzene rings is 1. The number of imidazole rings is 1. The predicted molar refractivity (Wildman–Crippen MR) is 71.1 cm³/mol. The fourth-order valence-corrected chi connectivity index (χ4v) is 2.20. The summed E-state index contributed by atoms with van der Waals surface area (Å²) in [5.41, 5.74) is 8.09. The average molecular weight is 233 g/mol. The molecule has 0 radical (unpaired) electrons. The number of nitrogens with one attached hydrogen (secondary N) is 1. The minimum Gasteiger partial charge on any atom is -0.369 e. The van der Waals surface area contributed by atoms with E-state index in [1.54, 1.807) is 4.90 Å². The van der Waals surface area contributed by atoms with Crippen LogP contribution in [-0.2, 0) is 6.54 Å². The van der Waals surface area contributed by atoms with Crippen LogP contribution in [0, 0.1) is 0 Å². The molecule has 2 rings (SSSR count). The summed E-state index contributed by atoms with van der Waals surface area (Å²) in [7, 11) is 0. The topological polar surface area (TPSA) is 48.3 Å². The largest absolute Gasteiger partial charge is 0.369 e. The van der Waals surface area contributed by atoms with Gasteiger partial charge in [0.1, 0.15) is 0 Å². The Bertz CT molecular complexity index is 485. The van der Waals surface area contributed by atoms with Crippen molar-refractivity contribution in [2.45, 2.75) is 20.4 Å². The van der Waals surface area contributed by atoms with Crippen molar-refractivity contribution in [3.8, 4) is 0 Å². The highest BCUT2D eigenvalue weighted by atomic mass is 15.2. The van der Waals surface area contributed by atoms with Gasteiger partial charge in [-0.15, -0.1) is 0 Å². The van der Waals surface area contributed by atoms with Gasteiger partial charge in [-0.1, -0.05) is 12.1 Å². The van der Waals surface area contributed by atoms with E-state index in [-0.39, 0.29) is 0 Å². The first-order chi connectivity index (χ1) is 8.26. The summed E-state index contributed by atoms with van der Waals surface area (Å²) < 4.78 is 2.11. The van der Waals surface area contributed by atoms with E-state index in [1.165, 1.54) is 0 Å². The van der Waals surface area contributed by atoms with Crippen LogP contribution in [0.1, 0.15) is 13.8 Å². The number of nitrogens with zero attached hydrogens (tertiary/aromatic N) is 2. The summed E-state index contributed by atoms with van der Waals surface area (Å²) in [6.45, 7) is 8.77. The quantitative estimate of drug-likeness (QED) is 0.792. The molecule has 4 heteroatoms. The van der Waals surface area contributed by atoms with E-state index in [2.05, 4.69) is 29.5 Å². The van der Waals surface area contributed by atoms with E-state index < -0.39 is 0 Å². The van der Waals surface area contributed by atoms with Crippen LogP contribution >= 0.6 is 0 Å². The molecule has 3 N–H and O–H groups in total. The van der Waals surface area contributed by atoms with Crippen molar-refractivity contribution in [1.82, 2.24) is 9.55 Å². The minimum absolute atomic E-state index is 0.623.